The zero-order chi connectivity index (χ0) is 13.9. The molecule has 0 amide bonds. The van der Waals surface area contributed by atoms with E-state index >= 15 is 0 Å². The number of aromatic nitrogens is 2. The lowest BCUT2D eigenvalue weighted by molar-refractivity contribution is 0.582. The molecule has 1 N–H and O–H groups in total. The van der Waals surface area contributed by atoms with Crippen molar-refractivity contribution in [3.8, 4) is 0 Å². The number of hydrogen-bond donors (Lipinski definition) is 1. The van der Waals surface area contributed by atoms with E-state index in [0.717, 1.165) is 18.8 Å². The molecule has 1 heterocycles. The number of rotatable bonds is 6. The van der Waals surface area contributed by atoms with Crippen LogP contribution in [0.25, 0.3) is 0 Å². The van der Waals surface area contributed by atoms with Gasteiger partial charge in [0.05, 0.1) is 5.69 Å². The summed E-state index contributed by atoms with van der Waals surface area (Å²) in [4.78, 5) is 2.31. The topological polar surface area (TPSA) is 33.1 Å². The molecule has 0 fully saturated rings. The molecule has 1 aromatic rings. The summed E-state index contributed by atoms with van der Waals surface area (Å²) in [5.74, 6) is 1.88. The van der Waals surface area contributed by atoms with Crippen molar-refractivity contribution in [2.45, 2.75) is 47.2 Å². The number of aryl methyl sites for hydroxylation is 2. The van der Waals surface area contributed by atoms with Crippen LogP contribution in [0.1, 0.15) is 39.0 Å². The van der Waals surface area contributed by atoms with Gasteiger partial charge in [-0.25, -0.2) is 0 Å². The first-order valence-electron chi connectivity index (χ1n) is 6.79. The lowest BCUT2D eigenvalue weighted by atomic mass is 10.2. The Morgan fingerprint density at radius 2 is 1.89 bits per heavy atom. The van der Waals surface area contributed by atoms with Crippen LogP contribution in [0.5, 0.6) is 0 Å². The molecule has 1 rings (SSSR count). The fourth-order valence-electron chi connectivity index (χ4n) is 2.31. The summed E-state index contributed by atoms with van der Waals surface area (Å²) in [6.07, 6.45) is 0. The molecule has 18 heavy (non-hydrogen) atoms. The van der Waals surface area contributed by atoms with Crippen LogP contribution < -0.4 is 10.2 Å². The van der Waals surface area contributed by atoms with Crippen LogP contribution in [-0.4, -0.2) is 29.4 Å². The van der Waals surface area contributed by atoms with Crippen molar-refractivity contribution in [3.63, 3.8) is 0 Å². The third-order valence-corrected chi connectivity index (χ3v) is 3.00. The minimum absolute atomic E-state index is 0.493. The van der Waals surface area contributed by atoms with E-state index in [1.54, 1.807) is 0 Å². The number of nitrogens with zero attached hydrogens (tertiary/aromatic N) is 3. The maximum atomic E-state index is 4.55. The summed E-state index contributed by atoms with van der Waals surface area (Å²) in [6, 6.07) is 0.493. The molecule has 0 saturated heterocycles. The van der Waals surface area contributed by atoms with Crippen molar-refractivity contribution < 1.29 is 0 Å². The Kier molecular flexibility index (Phi) is 5.20. The van der Waals surface area contributed by atoms with Crippen LogP contribution >= 0.6 is 0 Å². The maximum Gasteiger partial charge on any atom is 0.131 e. The normalized spacial score (nSPS) is 11.6. The second-order valence-corrected chi connectivity index (χ2v) is 5.82. The van der Waals surface area contributed by atoms with Crippen LogP contribution in [0.15, 0.2) is 0 Å². The SMILES string of the molecule is Cc1nn(C)c(N(C)CC(C)C)c1CNC(C)C. The van der Waals surface area contributed by atoms with Gasteiger partial charge in [0.1, 0.15) is 5.82 Å². The summed E-state index contributed by atoms with van der Waals surface area (Å²) in [5.41, 5.74) is 2.44. The minimum atomic E-state index is 0.493. The van der Waals surface area contributed by atoms with Crippen molar-refractivity contribution >= 4 is 5.82 Å². The highest BCUT2D eigenvalue weighted by Gasteiger charge is 2.17. The van der Waals surface area contributed by atoms with E-state index in [4.69, 9.17) is 0 Å². The highest BCUT2D eigenvalue weighted by Crippen LogP contribution is 2.23. The lowest BCUT2D eigenvalue weighted by Crippen LogP contribution is -2.28. The van der Waals surface area contributed by atoms with Gasteiger partial charge in [-0.2, -0.15) is 5.10 Å². The molecule has 0 aromatic carbocycles. The summed E-state index contributed by atoms with van der Waals surface area (Å²) < 4.78 is 2.00. The van der Waals surface area contributed by atoms with E-state index in [-0.39, 0.29) is 0 Å². The molecule has 4 nitrogen and oxygen atoms in total. The van der Waals surface area contributed by atoms with Crippen molar-refractivity contribution in [2.24, 2.45) is 13.0 Å². The molecule has 4 heteroatoms. The first-order valence-corrected chi connectivity index (χ1v) is 6.79. The molecule has 0 radical (unpaired) electrons. The van der Waals surface area contributed by atoms with Gasteiger partial charge in [0.15, 0.2) is 0 Å². The standard InChI is InChI=1S/C14H28N4/c1-10(2)9-17(6)14-13(8-15-11(3)4)12(5)16-18(14)7/h10-11,15H,8-9H2,1-7H3. The Morgan fingerprint density at radius 1 is 1.28 bits per heavy atom. The fourth-order valence-corrected chi connectivity index (χ4v) is 2.31. The largest absolute Gasteiger partial charge is 0.359 e. The van der Waals surface area contributed by atoms with Crippen LogP contribution in [0.3, 0.4) is 0 Å². The molecule has 1 aromatic heterocycles. The predicted molar refractivity (Wildman–Crippen MR) is 78.0 cm³/mol. The molecule has 0 aliphatic carbocycles. The van der Waals surface area contributed by atoms with Crippen LogP contribution in [0.4, 0.5) is 5.82 Å². The van der Waals surface area contributed by atoms with E-state index < -0.39 is 0 Å². The molecule has 0 unspecified atom stereocenters. The van der Waals surface area contributed by atoms with Gasteiger partial charge in [-0.3, -0.25) is 4.68 Å². The van der Waals surface area contributed by atoms with Gasteiger partial charge in [0.25, 0.3) is 0 Å². The van der Waals surface area contributed by atoms with E-state index in [1.165, 1.54) is 11.4 Å². The Hall–Kier alpha value is -1.03. The molecule has 0 bridgehead atoms. The molecule has 0 aliphatic heterocycles. The molecule has 0 aliphatic rings. The van der Waals surface area contributed by atoms with Gasteiger partial charge in [-0.05, 0) is 12.8 Å². The van der Waals surface area contributed by atoms with Crippen LogP contribution in [0.2, 0.25) is 0 Å². The summed E-state index contributed by atoms with van der Waals surface area (Å²) in [5, 5.41) is 8.04. The first-order chi connectivity index (χ1) is 8.32. The molecular weight excluding hydrogens is 224 g/mol. The Labute approximate surface area is 111 Å². The zero-order valence-electron chi connectivity index (χ0n) is 12.9. The van der Waals surface area contributed by atoms with Gasteiger partial charge in [-0.1, -0.05) is 27.7 Å². The van der Waals surface area contributed by atoms with Gasteiger partial charge in [0, 0.05) is 38.8 Å². The summed E-state index contributed by atoms with van der Waals surface area (Å²) >= 11 is 0. The second kappa shape index (κ2) is 6.23. The predicted octanol–water partition coefficient (Wildman–Crippen LogP) is 2.32. The minimum Gasteiger partial charge on any atom is -0.359 e. The van der Waals surface area contributed by atoms with Crippen molar-refractivity contribution in [1.29, 1.82) is 0 Å². The monoisotopic (exact) mass is 252 g/mol. The Balaban J connectivity index is 2.94. The van der Waals surface area contributed by atoms with Gasteiger partial charge in [-0.15, -0.1) is 0 Å². The van der Waals surface area contributed by atoms with E-state index in [9.17, 15) is 0 Å². The van der Waals surface area contributed by atoms with Crippen molar-refractivity contribution in [3.05, 3.63) is 11.3 Å². The summed E-state index contributed by atoms with van der Waals surface area (Å²) in [6.45, 7) is 12.8. The molecule has 0 saturated carbocycles. The molecule has 104 valence electrons. The quantitative estimate of drug-likeness (QED) is 0.843. The van der Waals surface area contributed by atoms with Crippen molar-refractivity contribution in [1.82, 2.24) is 15.1 Å². The van der Waals surface area contributed by atoms with E-state index in [0.29, 0.717) is 12.0 Å². The zero-order valence-corrected chi connectivity index (χ0v) is 12.9. The number of anilines is 1. The fraction of sp³-hybridized carbons (Fsp3) is 0.786. The summed E-state index contributed by atoms with van der Waals surface area (Å²) in [7, 11) is 4.17. The molecule has 0 spiro atoms. The maximum absolute atomic E-state index is 4.55. The number of hydrogen-bond acceptors (Lipinski definition) is 3. The second-order valence-electron chi connectivity index (χ2n) is 5.82. The third kappa shape index (κ3) is 3.73. The highest BCUT2D eigenvalue weighted by atomic mass is 15.4. The third-order valence-electron chi connectivity index (χ3n) is 3.00. The Bertz CT molecular complexity index is 379. The first kappa shape index (κ1) is 15.0. The lowest BCUT2D eigenvalue weighted by Gasteiger charge is -2.23. The van der Waals surface area contributed by atoms with Crippen LogP contribution in [-0.2, 0) is 13.6 Å². The molecule has 0 atom stereocenters. The average molecular weight is 252 g/mol. The molecular formula is C14H28N4. The van der Waals surface area contributed by atoms with Gasteiger partial charge in [0.2, 0.25) is 0 Å². The van der Waals surface area contributed by atoms with E-state index in [1.807, 2.05) is 11.7 Å². The smallest absolute Gasteiger partial charge is 0.131 e. The van der Waals surface area contributed by atoms with Crippen molar-refractivity contribution in [2.75, 3.05) is 18.5 Å². The van der Waals surface area contributed by atoms with E-state index in [2.05, 4.69) is 57.0 Å². The van der Waals surface area contributed by atoms with Crippen LogP contribution in [0, 0.1) is 12.8 Å². The highest BCUT2D eigenvalue weighted by molar-refractivity contribution is 5.49. The Morgan fingerprint density at radius 3 is 2.39 bits per heavy atom. The average Bonchev–Trinajstić information content (AvgIpc) is 2.49. The van der Waals surface area contributed by atoms with Gasteiger partial charge >= 0.3 is 0 Å². The number of nitrogens with one attached hydrogen (secondary N) is 1. The van der Waals surface area contributed by atoms with Gasteiger partial charge < -0.3 is 10.2 Å².